The second-order valence-electron chi connectivity index (χ2n) is 3.95. The van der Waals surface area contributed by atoms with Crippen LogP contribution in [0.25, 0.3) is 0 Å². The van der Waals surface area contributed by atoms with E-state index in [2.05, 4.69) is 20.3 Å². The number of nitrogens with zero attached hydrogens (tertiary/aromatic N) is 3. The van der Waals surface area contributed by atoms with E-state index < -0.39 is 0 Å². The lowest BCUT2D eigenvalue weighted by molar-refractivity contribution is 0.0949. The second-order valence-corrected chi connectivity index (χ2v) is 3.95. The third kappa shape index (κ3) is 2.88. The van der Waals surface area contributed by atoms with E-state index in [0.717, 1.165) is 5.56 Å². The van der Waals surface area contributed by atoms with E-state index in [-0.39, 0.29) is 5.91 Å². The van der Waals surface area contributed by atoms with Gasteiger partial charge < -0.3 is 5.32 Å². The molecular formula is C13H14N4O. The second kappa shape index (κ2) is 5.35. The van der Waals surface area contributed by atoms with Gasteiger partial charge in [-0.1, -0.05) is 0 Å². The molecule has 0 aliphatic carbocycles. The van der Waals surface area contributed by atoms with Gasteiger partial charge in [0.05, 0.1) is 11.3 Å². The van der Waals surface area contributed by atoms with Crippen LogP contribution in [-0.2, 0) is 6.54 Å². The first-order chi connectivity index (χ1) is 8.66. The molecule has 2 heterocycles. The van der Waals surface area contributed by atoms with Crippen molar-refractivity contribution in [3.8, 4) is 0 Å². The van der Waals surface area contributed by atoms with Crippen LogP contribution in [0.5, 0.6) is 0 Å². The van der Waals surface area contributed by atoms with E-state index in [1.807, 2.05) is 12.1 Å². The van der Waals surface area contributed by atoms with Crippen LogP contribution in [0.3, 0.4) is 0 Å². The molecule has 0 aliphatic heterocycles. The number of hydrogen-bond donors (Lipinski definition) is 1. The van der Waals surface area contributed by atoms with Gasteiger partial charge in [-0.2, -0.15) is 0 Å². The van der Waals surface area contributed by atoms with E-state index >= 15 is 0 Å². The van der Waals surface area contributed by atoms with Crippen molar-refractivity contribution in [2.75, 3.05) is 0 Å². The van der Waals surface area contributed by atoms with Crippen LogP contribution in [0, 0.1) is 13.8 Å². The Labute approximate surface area is 105 Å². The number of nitrogens with one attached hydrogen (secondary N) is 1. The molecule has 0 saturated heterocycles. The van der Waals surface area contributed by atoms with Gasteiger partial charge in [0.15, 0.2) is 0 Å². The number of pyridine rings is 1. The van der Waals surface area contributed by atoms with Crippen LogP contribution in [0.2, 0.25) is 0 Å². The standard InChI is InChI=1S/C13H14N4O/c1-9-12(8-15-10(2)17-9)13(18)16-7-11-3-5-14-6-4-11/h3-6,8H,7H2,1-2H3,(H,16,18). The number of hydrogen-bond acceptors (Lipinski definition) is 4. The molecule has 0 saturated carbocycles. The predicted molar refractivity (Wildman–Crippen MR) is 66.9 cm³/mol. The minimum atomic E-state index is -0.163. The highest BCUT2D eigenvalue weighted by atomic mass is 16.1. The van der Waals surface area contributed by atoms with Crippen molar-refractivity contribution >= 4 is 5.91 Å². The van der Waals surface area contributed by atoms with Gasteiger partial charge >= 0.3 is 0 Å². The molecule has 0 fully saturated rings. The number of aromatic nitrogens is 3. The minimum Gasteiger partial charge on any atom is -0.348 e. The molecule has 2 aromatic heterocycles. The summed E-state index contributed by atoms with van der Waals surface area (Å²) in [6.07, 6.45) is 4.95. The zero-order chi connectivity index (χ0) is 13.0. The number of carbonyl (C=O) groups excluding carboxylic acids is 1. The van der Waals surface area contributed by atoms with Crippen LogP contribution in [0.15, 0.2) is 30.7 Å². The summed E-state index contributed by atoms with van der Waals surface area (Å²) in [7, 11) is 0. The third-order valence-electron chi connectivity index (χ3n) is 2.55. The van der Waals surface area contributed by atoms with Crippen molar-refractivity contribution in [1.82, 2.24) is 20.3 Å². The number of carbonyl (C=O) groups is 1. The van der Waals surface area contributed by atoms with Crippen molar-refractivity contribution in [3.63, 3.8) is 0 Å². The predicted octanol–water partition coefficient (Wildman–Crippen LogP) is 1.42. The Balaban J connectivity index is 2.04. The molecule has 0 atom stereocenters. The SMILES string of the molecule is Cc1ncc(C(=O)NCc2ccncc2)c(C)n1. The highest BCUT2D eigenvalue weighted by Crippen LogP contribution is 2.04. The molecule has 1 N–H and O–H groups in total. The largest absolute Gasteiger partial charge is 0.348 e. The van der Waals surface area contributed by atoms with Gasteiger partial charge in [-0.15, -0.1) is 0 Å². The lowest BCUT2D eigenvalue weighted by Crippen LogP contribution is -2.24. The smallest absolute Gasteiger partial charge is 0.254 e. The van der Waals surface area contributed by atoms with E-state index in [0.29, 0.717) is 23.6 Å². The van der Waals surface area contributed by atoms with Crippen LogP contribution >= 0.6 is 0 Å². The molecule has 1 amide bonds. The average molecular weight is 242 g/mol. The quantitative estimate of drug-likeness (QED) is 0.883. The van der Waals surface area contributed by atoms with Crippen molar-refractivity contribution in [1.29, 1.82) is 0 Å². The van der Waals surface area contributed by atoms with Gasteiger partial charge in [0.2, 0.25) is 0 Å². The molecule has 2 aromatic rings. The first-order valence-corrected chi connectivity index (χ1v) is 5.64. The van der Waals surface area contributed by atoms with Gasteiger partial charge in [0, 0.05) is 25.1 Å². The van der Waals surface area contributed by atoms with E-state index in [1.54, 1.807) is 32.4 Å². The van der Waals surface area contributed by atoms with E-state index in [1.165, 1.54) is 0 Å². The van der Waals surface area contributed by atoms with Crippen molar-refractivity contribution < 1.29 is 4.79 Å². The molecular weight excluding hydrogens is 228 g/mol. The molecule has 92 valence electrons. The summed E-state index contributed by atoms with van der Waals surface area (Å²) >= 11 is 0. The Morgan fingerprint density at radius 1 is 1.28 bits per heavy atom. The van der Waals surface area contributed by atoms with E-state index in [9.17, 15) is 4.79 Å². The summed E-state index contributed by atoms with van der Waals surface area (Å²) in [6, 6.07) is 3.72. The minimum absolute atomic E-state index is 0.163. The summed E-state index contributed by atoms with van der Waals surface area (Å²) in [4.78, 5) is 24.1. The maximum atomic E-state index is 11.9. The molecule has 0 aromatic carbocycles. The lowest BCUT2D eigenvalue weighted by atomic mass is 10.2. The molecule has 0 aliphatic rings. The van der Waals surface area contributed by atoms with Gasteiger partial charge in [-0.3, -0.25) is 9.78 Å². The maximum Gasteiger partial charge on any atom is 0.254 e. The number of aryl methyl sites for hydroxylation is 2. The third-order valence-corrected chi connectivity index (χ3v) is 2.55. The van der Waals surface area contributed by atoms with Gasteiger partial charge in [0.1, 0.15) is 5.82 Å². The van der Waals surface area contributed by atoms with Crippen molar-refractivity contribution in [2.24, 2.45) is 0 Å². The Morgan fingerprint density at radius 3 is 2.67 bits per heavy atom. The number of amides is 1. The summed E-state index contributed by atoms with van der Waals surface area (Å²) in [5.41, 5.74) is 2.20. The molecule has 0 radical (unpaired) electrons. The maximum absolute atomic E-state index is 11.9. The Kier molecular flexibility index (Phi) is 3.62. The van der Waals surface area contributed by atoms with Crippen molar-refractivity contribution in [2.45, 2.75) is 20.4 Å². The normalized spacial score (nSPS) is 10.1. The topological polar surface area (TPSA) is 67.8 Å². The molecule has 0 spiro atoms. The van der Waals surface area contributed by atoms with Crippen LogP contribution < -0.4 is 5.32 Å². The summed E-state index contributed by atoms with van der Waals surface area (Å²) in [6.45, 7) is 4.07. The fraction of sp³-hybridized carbons (Fsp3) is 0.231. The highest BCUT2D eigenvalue weighted by Gasteiger charge is 2.10. The Hall–Kier alpha value is -2.30. The van der Waals surface area contributed by atoms with Crippen LogP contribution in [0.1, 0.15) is 27.4 Å². The summed E-state index contributed by atoms with van der Waals surface area (Å²) in [5.74, 6) is 0.502. The van der Waals surface area contributed by atoms with Gasteiger partial charge in [-0.25, -0.2) is 9.97 Å². The summed E-state index contributed by atoms with van der Waals surface area (Å²) < 4.78 is 0. The zero-order valence-corrected chi connectivity index (χ0v) is 10.3. The van der Waals surface area contributed by atoms with Crippen LogP contribution in [0.4, 0.5) is 0 Å². The highest BCUT2D eigenvalue weighted by molar-refractivity contribution is 5.94. The monoisotopic (exact) mass is 242 g/mol. The average Bonchev–Trinajstić information content (AvgIpc) is 2.37. The fourth-order valence-corrected chi connectivity index (χ4v) is 1.58. The van der Waals surface area contributed by atoms with Crippen LogP contribution in [-0.4, -0.2) is 20.9 Å². The van der Waals surface area contributed by atoms with Gasteiger partial charge in [0.25, 0.3) is 5.91 Å². The zero-order valence-electron chi connectivity index (χ0n) is 10.3. The Bertz CT molecular complexity index is 554. The van der Waals surface area contributed by atoms with Crippen molar-refractivity contribution in [3.05, 3.63) is 53.4 Å². The molecule has 5 heteroatoms. The molecule has 0 unspecified atom stereocenters. The Morgan fingerprint density at radius 2 is 2.00 bits per heavy atom. The van der Waals surface area contributed by atoms with E-state index in [4.69, 9.17) is 0 Å². The first-order valence-electron chi connectivity index (χ1n) is 5.64. The lowest BCUT2D eigenvalue weighted by Gasteiger charge is -2.07. The molecule has 0 bridgehead atoms. The summed E-state index contributed by atoms with van der Waals surface area (Å²) in [5, 5.41) is 2.83. The molecule has 18 heavy (non-hydrogen) atoms. The van der Waals surface area contributed by atoms with Gasteiger partial charge in [-0.05, 0) is 31.5 Å². The molecule has 2 rings (SSSR count). The fourth-order valence-electron chi connectivity index (χ4n) is 1.58. The molecule has 5 nitrogen and oxygen atoms in total. The first kappa shape index (κ1) is 12.2. The number of rotatable bonds is 3.